The molecule has 0 radical (unpaired) electrons. The van der Waals surface area contributed by atoms with Crippen molar-refractivity contribution in [2.75, 3.05) is 24.5 Å². The van der Waals surface area contributed by atoms with Crippen molar-refractivity contribution in [2.24, 2.45) is 0 Å². The summed E-state index contributed by atoms with van der Waals surface area (Å²) in [6, 6.07) is 1.88. The molecule has 2 unspecified atom stereocenters. The lowest BCUT2D eigenvalue weighted by Crippen LogP contribution is -2.55. The van der Waals surface area contributed by atoms with E-state index in [-0.39, 0.29) is 0 Å². The SMILES string of the molecule is CC1CN2CCCC2CN1c1nc(CCl)co1. The second kappa shape index (κ2) is 4.50. The quantitative estimate of drug-likeness (QED) is 0.758. The fourth-order valence-electron chi connectivity index (χ4n) is 2.94. The molecule has 3 heterocycles. The standard InChI is InChI=1S/C12H18ClN3O/c1-9-6-15-4-2-3-11(15)7-16(9)12-14-10(5-13)8-17-12/h8-9,11H,2-7H2,1H3. The molecule has 1 aromatic heterocycles. The predicted octanol–water partition coefficient (Wildman–Crippen LogP) is 2.09. The van der Waals surface area contributed by atoms with Crippen molar-refractivity contribution in [2.45, 2.75) is 37.7 Å². The first-order valence-electron chi connectivity index (χ1n) is 6.29. The molecule has 3 rings (SSSR count). The summed E-state index contributed by atoms with van der Waals surface area (Å²) in [5.74, 6) is 0.418. The highest BCUT2D eigenvalue weighted by Gasteiger charge is 2.35. The summed E-state index contributed by atoms with van der Waals surface area (Å²) in [4.78, 5) is 9.30. The molecule has 2 atom stereocenters. The van der Waals surface area contributed by atoms with E-state index in [4.69, 9.17) is 16.0 Å². The molecule has 0 saturated carbocycles. The van der Waals surface area contributed by atoms with Gasteiger partial charge in [0.2, 0.25) is 0 Å². The van der Waals surface area contributed by atoms with Gasteiger partial charge in [-0.3, -0.25) is 4.90 Å². The fraction of sp³-hybridized carbons (Fsp3) is 0.750. The van der Waals surface area contributed by atoms with Crippen molar-refractivity contribution in [3.8, 4) is 0 Å². The van der Waals surface area contributed by atoms with Crippen LogP contribution in [0.1, 0.15) is 25.5 Å². The van der Waals surface area contributed by atoms with Crippen LogP contribution in [-0.2, 0) is 5.88 Å². The zero-order valence-corrected chi connectivity index (χ0v) is 10.9. The van der Waals surface area contributed by atoms with Crippen LogP contribution in [0.2, 0.25) is 0 Å². The molecule has 17 heavy (non-hydrogen) atoms. The van der Waals surface area contributed by atoms with Gasteiger partial charge in [0.25, 0.3) is 6.01 Å². The summed E-state index contributed by atoms with van der Waals surface area (Å²) in [5.41, 5.74) is 0.822. The highest BCUT2D eigenvalue weighted by molar-refractivity contribution is 6.16. The van der Waals surface area contributed by atoms with E-state index in [0.717, 1.165) is 24.8 Å². The number of hydrogen-bond acceptors (Lipinski definition) is 4. The smallest absolute Gasteiger partial charge is 0.297 e. The number of oxazole rings is 1. The maximum atomic E-state index is 5.76. The Bertz CT molecular complexity index is 395. The second-order valence-corrected chi connectivity index (χ2v) is 5.31. The van der Waals surface area contributed by atoms with Gasteiger partial charge in [-0.05, 0) is 26.3 Å². The average molecular weight is 256 g/mol. The maximum Gasteiger partial charge on any atom is 0.297 e. The largest absolute Gasteiger partial charge is 0.432 e. The van der Waals surface area contributed by atoms with Gasteiger partial charge in [-0.2, -0.15) is 4.98 Å². The normalized spacial score (nSPS) is 29.6. The number of alkyl halides is 1. The molecule has 4 nitrogen and oxygen atoms in total. The first-order valence-corrected chi connectivity index (χ1v) is 6.82. The van der Waals surface area contributed by atoms with Crippen LogP contribution in [0.3, 0.4) is 0 Å². The zero-order valence-electron chi connectivity index (χ0n) is 10.1. The summed E-state index contributed by atoms with van der Waals surface area (Å²) in [6.45, 7) is 5.63. The number of anilines is 1. The van der Waals surface area contributed by atoms with Gasteiger partial charge in [-0.15, -0.1) is 11.6 Å². The lowest BCUT2D eigenvalue weighted by atomic mass is 10.1. The Balaban J connectivity index is 1.77. The molecule has 0 spiro atoms. The summed E-state index contributed by atoms with van der Waals surface area (Å²) >= 11 is 5.76. The van der Waals surface area contributed by atoms with Crippen LogP contribution in [0.5, 0.6) is 0 Å². The van der Waals surface area contributed by atoms with Crippen molar-refractivity contribution >= 4 is 17.6 Å². The van der Waals surface area contributed by atoms with E-state index in [9.17, 15) is 0 Å². The van der Waals surface area contributed by atoms with Crippen molar-refractivity contribution < 1.29 is 4.42 Å². The number of fused-ring (bicyclic) bond motifs is 1. The molecule has 0 amide bonds. The number of nitrogens with zero attached hydrogens (tertiary/aromatic N) is 3. The molecule has 2 saturated heterocycles. The summed E-state index contributed by atoms with van der Waals surface area (Å²) < 4.78 is 5.53. The van der Waals surface area contributed by atoms with Gasteiger partial charge in [0.1, 0.15) is 6.26 Å². The molecule has 0 aliphatic carbocycles. The van der Waals surface area contributed by atoms with Gasteiger partial charge in [0, 0.05) is 25.2 Å². The van der Waals surface area contributed by atoms with E-state index in [2.05, 4.69) is 21.7 Å². The Kier molecular flexibility index (Phi) is 3.01. The molecule has 0 aromatic carbocycles. The summed E-state index contributed by atoms with van der Waals surface area (Å²) in [6.07, 6.45) is 4.28. The number of piperazine rings is 1. The van der Waals surface area contributed by atoms with Crippen molar-refractivity contribution in [1.82, 2.24) is 9.88 Å². The van der Waals surface area contributed by atoms with Gasteiger partial charge >= 0.3 is 0 Å². The number of aromatic nitrogens is 1. The molecule has 2 aliphatic heterocycles. The first kappa shape index (κ1) is 11.4. The van der Waals surface area contributed by atoms with Crippen LogP contribution in [0.4, 0.5) is 6.01 Å². The fourth-order valence-corrected chi connectivity index (χ4v) is 3.07. The molecule has 0 N–H and O–H groups in total. The predicted molar refractivity (Wildman–Crippen MR) is 67.5 cm³/mol. The maximum absolute atomic E-state index is 5.76. The Hall–Kier alpha value is -0.740. The summed E-state index contributed by atoms with van der Waals surface area (Å²) in [7, 11) is 0. The molecule has 0 bridgehead atoms. The van der Waals surface area contributed by atoms with Gasteiger partial charge in [-0.25, -0.2) is 0 Å². The van der Waals surface area contributed by atoms with E-state index < -0.39 is 0 Å². The highest BCUT2D eigenvalue weighted by atomic mass is 35.5. The Morgan fingerprint density at radius 3 is 3.18 bits per heavy atom. The molecule has 2 fully saturated rings. The zero-order chi connectivity index (χ0) is 11.8. The third-order valence-corrected chi connectivity index (χ3v) is 4.13. The van der Waals surface area contributed by atoms with Gasteiger partial charge < -0.3 is 9.32 Å². The van der Waals surface area contributed by atoms with Crippen molar-refractivity contribution in [1.29, 1.82) is 0 Å². The molecule has 5 heteroatoms. The van der Waals surface area contributed by atoms with E-state index in [1.807, 2.05) is 0 Å². The lowest BCUT2D eigenvalue weighted by molar-refractivity contribution is 0.197. The van der Waals surface area contributed by atoms with Crippen LogP contribution < -0.4 is 4.90 Å². The Morgan fingerprint density at radius 2 is 2.41 bits per heavy atom. The van der Waals surface area contributed by atoms with Gasteiger partial charge in [0.15, 0.2) is 0 Å². The third kappa shape index (κ3) is 2.04. The molecule has 2 aliphatic rings. The van der Waals surface area contributed by atoms with Gasteiger partial charge in [0.05, 0.1) is 11.6 Å². The molecule has 1 aromatic rings. The average Bonchev–Trinajstić information content (AvgIpc) is 2.94. The number of halogens is 1. The van der Waals surface area contributed by atoms with Crippen LogP contribution in [0, 0.1) is 0 Å². The van der Waals surface area contributed by atoms with Crippen LogP contribution in [0.15, 0.2) is 10.7 Å². The lowest BCUT2D eigenvalue weighted by Gasteiger charge is -2.41. The van der Waals surface area contributed by atoms with Gasteiger partial charge in [-0.1, -0.05) is 0 Å². The highest BCUT2D eigenvalue weighted by Crippen LogP contribution is 2.28. The molecular formula is C12H18ClN3O. The van der Waals surface area contributed by atoms with Crippen molar-refractivity contribution in [3.63, 3.8) is 0 Å². The minimum Gasteiger partial charge on any atom is -0.432 e. The van der Waals surface area contributed by atoms with E-state index in [0.29, 0.717) is 18.0 Å². The molecule has 94 valence electrons. The number of rotatable bonds is 2. The first-order chi connectivity index (χ1) is 8.28. The van der Waals surface area contributed by atoms with Crippen LogP contribution in [0.25, 0.3) is 0 Å². The monoisotopic (exact) mass is 255 g/mol. The minimum atomic E-state index is 0.418. The third-order valence-electron chi connectivity index (χ3n) is 3.86. The van der Waals surface area contributed by atoms with Crippen LogP contribution >= 0.6 is 11.6 Å². The van der Waals surface area contributed by atoms with E-state index in [1.165, 1.54) is 19.4 Å². The Morgan fingerprint density at radius 1 is 1.53 bits per heavy atom. The molecular weight excluding hydrogens is 238 g/mol. The summed E-state index contributed by atoms with van der Waals surface area (Å²) in [5, 5.41) is 0. The second-order valence-electron chi connectivity index (χ2n) is 5.05. The Labute approximate surface area is 107 Å². The van der Waals surface area contributed by atoms with E-state index in [1.54, 1.807) is 6.26 Å². The number of hydrogen-bond donors (Lipinski definition) is 0. The van der Waals surface area contributed by atoms with Crippen LogP contribution in [-0.4, -0.2) is 41.6 Å². The van der Waals surface area contributed by atoms with E-state index >= 15 is 0 Å². The van der Waals surface area contributed by atoms with Crippen molar-refractivity contribution in [3.05, 3.63) is 12.0 Å². The topological polar surface area (TPSA) is 32.5 Å². The minimum absolute atomic E-state index is 0.418.